The Hall–Kier alpha value is -0.963. The molecule has 9 heteroatoms. The fourth-order valence-electron chi connectivity index (χ4n) is 1.17. The number of hydrogen-bond acceptors (Lipinski definition) is 3. The van der Waals surface area contributed by atoms with E-state index in [9.17, 15) is 18.0 Å². The van der Waals surface area contributed by atoms with E-state index in [0.29, 0.717) is 0 Å². The van der Waals surface area contributed by atoms with Gasteiger partial charge in [-0.2, -0.15) is 13.2 Å². The number of ether oxygens (including phenoxy) is 1. The van der Waals surface area contributed by atoms with Gasteiger partial charge in [-0.05, 0) is 22.0 Å². The summed E-state index contributed by atoms with van der Waals surface area (Å²) in [4.78, 5) is 11.4. The second-order valence-corrected chi connectivity index (χ2v) is 11.8. The molecule has 0 unspecified atom stereocenters. The molecular formula is C11H15BrF3NO3Si. The Labute approximate surface area is 123 Å². The molecule has 1 heterocycles. The Balaban J connectivity index is 2.56. The van der Waals surface area contributed by atoms with Crippen LogP contribution in [0.1, 0.15) is 5.76 Å². The second-order valence-electron chi connectivity index (χ2n) is 5.36. The summed E-state index contributed by atoms with van der Waals surface area (Å²) in [5.41, 5.74) is 0. The fraction of sp³-hybridized carbons (Fsp3) is 0.545. The van der Waals surface area contributed by atoms with Gasteiger partial charge in [0.2, 0.25) is 11.6 Å². The van der Waals surface area contributed by atoms with Gasteiger partial charge in [0.25, 0.3) is 0 Å². The molecule has 0 aliphatic carbocycles. The minimum absolute atomic E-state index is 0.00645. The van der Waals surface area contributed by atoms with Crippen molar-refractivity contribution in [1.29, 1.82) is 0 Å². The molecule has 0 atom stereocenters. The molecule has 0 fully saturated rings. The van der Waals surface area contributed by atoms with Crippen molar-refractivity contribution in [2.24, 2.45) is 0 Å². The molecule has 0 radical (unpaired) electrons. The van der Waals surface area contributed by atoms with Crippen LogP contribution in [0, 0.1) is 0 Å². The van der Waals surface area contributed by atoms with Gasteiger partial charge in [0.15, 0.2) is 0 Å². The molecule has 0 aliphatic rings. The molecule has 20 heavy (non-hydrogen) atoms. The molecule has 0 aliphatic heterocycles. The Morgan fingerprint density at radius 2 is 2.05 bits per heavy atom. The molecule has 0 bridgehead atoms. The molecule has 1 rings (SSSR count). The van der Waals surface area contributed by atoms with E-state index < -0.39 is 26.1 Å². The van der Waals surface area contributed by atoms with Crippen LogP contribution in [0.15, 0.2) is 15.0 Å². The normalized spacial score (nSPS) is 12.3. The summed E-state index contributed by atoms with van der Waals surface area (Å²) < 4.78 is 46.6. The van der Waals surface area contributed by atoms with Crippen molar-refractivity contribution in [3.8, 4) is 0 Å². The topological polar surface area (TPSA) is 51.5 Å². The van der Waals surface area contributed by atoms with Gasteiger partial charge < -0.3 is 9.15 Å². The Bertz CT molecular complexity index is 482. The van der Waals surface area contributed by atoms with Gasteiger partial charge in [0.05, 0.1) is 11.1 Å². The van der Waals surface area contributed by atoms with E-state index in [1.807, 2.05) is 0 Å². The van der Waals surface area contributed by atoms with E-state index >= 15 is 0 Å². The van der Waals surface area contributed by atoms with Crippen LogP contribution in [0.5, 0.6) is 0 Å². The number of anilines is 1. The van der Waals surface area contributed by atoms with Crippen LogP contribution in [-0.4, -0.2) is 20.8 Å². The van der Waals surface area contributed by atoms with E-state index in [2.05, 4.69) is 45.3 Å². The third-order valence-electron chi connectivity index (χ3n) is 2.27. The molecule has 0 saturated heterocycles. The summed E-state index contributed by atoms with van der Waals surface area (Å²) in [5.74, 6) is -1.52. The van der Waals surface area contributed by atoms with Crippen LogP contribution in [0.25, 0.3) is 0 Å². The molecule has 0 spiro atoms. The lowest BCUT2D eigenvalue weighted by Crippen LogP contribution is -2.24. The van der Waals surface area contributed by atoms with Gasteiger partial charge in [0.1, 0.15) is 0 Å². The lowest BCUT2D eigenvalue weighted by molar-refractivity contribution is -0.152. The highest BCUT2D eigenvalue weighted by Gasteiger charge is 2.36. The first-order valence-corrected chi connectivity index (χ1v) is 10.3. The molecule has 1 aromatic heterocycles. The van der Waals surface area contributed by atoms with E-state index in [-0.39, 0.29) is 17.0 Å². The third-order valence-corrected chi connectivity index (χ3v) is 4.56. The minimum atomic E-state index is -4.61. The van der Waals surface area contributed by atoms with E-state index in [4.69, 9.17) is 4.74 Å². The summed E-state index contributed by atoms with van der Waals surface area (Å²) in [6, 6.07) is 1.52. The number of nitrogens with one attached hydrogen (secondary N) is 1. The summed E-state index contributed by atoms with van der Waals surface area (Å²) in [6.45, 7) is 6.58. The largest absolute Gasteiger partial charge is 0.450 e. The van der Waals surface area contributed by atoms with Gasteiger partial charge in [-0.3, -0.25) is 5.32 Å². The zero-order chi connectivity index (χ0) is 15.6. The lowest BCUT2D eigenvalue weighted by atomic mass is 10.4. The van der Waals surface area contributed by atoms with Gasteiger partial charge in [-0.25, -0.2) is 4.79 Å². The van der Waals surface area contributed by atoms with Gasteiger partial charge in [-0.15, -0.1) is 0 Å². The van der Waals surface area contributed by atoms with Crippen molar-refractivity contribution in [2.45, 2.75) is 31.9 Å². The van der Waals surface area contributed by atoms with Gasteiger partial charge >= 0.3 is 12.3 Å². The number of alkyl halides is 3. The number of amides is 1. The minimum Gasteiger partial charge on any atom is -0.450 e. The molecule has 114 valence electrons. The summed E-state index contributed by atoms with van der Waals surface area (Å²) in [6.07, 6.45) is -5.45. The third kappa shape index (κ3) is 5.57. The highest BCUT2D eigenvalue weighted by atomic mass is 79.9. The lowest BCUT2D eigenvalue weighted by Gasteiger charge is -2.15. The monoisotopic (exact) mass is 373 g/mol. The average molecular weight is 374 g/mol. The number of furan rings is 1. The number of carbonyl (C=O) groups excluding carboxylic acids is 1. The quantitative estimate of drug-likeness (QED) is 0.759. The van der Waals surface area contributed by atoms with Crippen LogP contribution in [-0.2, 0) is 10.9 Å². The van der Waals surface area contributed by atoms with Crippen LogP contribution in [0.2, 0.25) is 25.7 Å². The summed E-state index contributed by atoms with van der Waals surface area (Å²) in [5, 5.41) is 2.13. The van der Waals surface area contributed by atoms with Gasteiger partial charge in [0, 0.05) is 14.1 Å². The molecular weight excluding hydrogens is 359 g/mol. The number of rotatable bonds is 4. The van der Waals surface area contributed by atoms with Crippen LogP contribution >= 0.6 is 15.9 Å². The molecule has 0 aromatic carbocycles. The van der Waals surface area contributed by atoms with E-state index in [1.54, 1.807) is 0 Å². The van der Waals surface area contributed by atoms with Crippen LogP contribution in [0.3, 0.4) is 0 Å². The first kappa shape index (κ1) is 17.1. The maximum atomic E-state index is 12.4. The van der Waals surface area contributed by atoms with Crippen molar-refractivity contribution in [3.63, 3.8) is 0 Å². The van der Waals surface area contributed by atoms with Gasteiger partial charge in [-0.1, -0.05) is 19.6 Å². The van der Waals surface area contributed by atoms with Crippen molar-refractivity contribution in [1.82, 2.24) is 0 Å². The van der Waals surface area contributed by atoms with Crippen molar-refractivity contribution in [2.75, 3.05) is 11.9 Å². The van der Waals surface area contributed by atoms with Crippen molar-refractivity contribution >= 4 is 36.0 Å². The van der Waals surface area contributed by atoms with Crippen molar-refractivity contribution < 1.29 is 27.1 Å². The highest BCUT2D eigenvalue weighted by Crippen LogP contribution is 2.36. The van der Waals surface area contributed by atoms with Crippen LogP contribution in [0.4, 0.5) is 23.8 Å². The standard InChI is InChI=1S/C11H15BrF3NO3Si/c1-20(2,3)5-4-18-10(17)16-9-7(12)6-8(19-9)11(13,14)15/h6H,4-5H2,1-3H3,(H,16,17). The molecule has 4 nitrogen and oxygen atoms in total. The summed E-state index contributed by atoms with van der Waals surface area (Å²) in [7, 11) is -1.33. The van der Waals surface area contributed by atoms with Crippen molar-refractivity contribution in [3.05, 3.63) is 16.3 Å². The predicted molar refractivity (Wildman–Crippen MR) is 74.5 cm³/mol. The molecule has 0 saturated carbocycles. The maximum absolute atomic E-state index is 12.4. The number of carbonyl (C=O) groups is 1. The Morgan fingerprint density at radius 1 is 1.45 bits per heavy atom. The molecule has 1 N–H and O–H groups in total. The Morgan fingerprint density at radius 3 is 2.50 bits per heavy atom. The molecule has 1 aromatic rings. The first-order valence-electron chi connectivity index (χ1n) is 5.79. The first-order chi connectivity index (χ1) is 8.99. The number of hydrogen-bond donors (Lipinski definition) is 1. The van der Waals surface area contributed by atoms with E-state index in [1.165, 1.54) is 0 Å². The SMILES string of the molecule is C[Si](C)(C)CCOC(=O)Nc1oc(C(F)(F)F)cc1Br. The zero-order valence-corrected chi connectivity index (χ0v) is 13.8. The van der Waals surface area contributed by atoms with Crippen LogP contribution < -0.4 is 5.32 Å². The number of halogens is 4. The smallest absolute Gasteiger partial charge is 0.449 e. The average Bonchev–Trinajstić information content (AvgIpc) is 2.58. The molecule has 1 amide bonds. The Kier molecular flexibility index (Phi) is 5.31. The maximum Gasteiger partial charge on any atom is 0.449 e. The zero-order valence-electron chi connectivity index (χ0n) is 11.2. The fourth-order valence-corrected chi connectivity index (χ4v) is 2.27. The predicted octanol–water partition coefficient (Wildman–Crippen LogP) is 4.95. The highest BCUT2D eigenvalue weighted by molar-refractivity contribution is 9.10. The van der Waals surface area contributed by atoms with E-state index in [0.717, 1.165) is 12.1 Å². The summed E-state index contributed by atoms with van der Waals surface area (Å²) >= 11 is 2.88. The second kappa shape index (κ2) is 6.21.